The van der Waals surface area contributed by atoms with Gasteiger partial charge >= 0.3 is 0 Å². The first-order valence-electron chi connectivity index (χ1n) is 4.81. The van der Waals surface area contributed by atoms with E-state index in [0.29, 0.717) is 6.42 Å². The molecule has 1 heterocycles. The molecule has 0 aliphatic carbocycles. The summed E-state index contributed by atoms with van der Waals surface area (Å²) in [7, 11) is 0. The Morgan fingerprint density at radius 3 is 2.53 bits per heavy atom. The smallest absolute Gasteiger partial charge is 0.0844 e. The van der Waals surface area contributed by atoms with Gasteiger partial charge in [0.2, 0.25) is 0 Å². The van der Waals surface area contributed by atoms with Gasteiger partial charge < -0.3 is 10.1 Å². The van der Waals surface area contributed by atoms with E-state index in [1.54, 1.807) is 12.4 Å². The van der Waals surface area contributed by atoms with Crippen molar-refractivity contribution in [2.75, 3.05) is 0 Å². The summed E-state index contributed by atoms with van der Waals surface area (Å²) in [6, 6.07) is 9.40. The average Bonchev–Trinajstić information content (AvgIpc) is 2.74. The molecule has 15 heavy (non-hydrogen) atoms. The van der Waals surface area contributed by atoms with E-state index >= 15 is 0 Å². The van der Waals surface area contributed by atoms with E-state index in [4.69, 9.17) is 11.6 Å². The molecule has 3 heteroatoms. The van der Waals surface area contributed by atoms with E-state index in [0.717, 1.165) is 16.1 Å². The molecule has 0 saturated carbocycles. The van der Waals surface area contributed by atoms with E-state index < -0.39 is 6.10 Å². The second-order valence-corrected chi connectivity index (χ2v) is 3.93. The molecule has 1 aromatic carbocycles. The van der Waals surface area contributed by atoms with Crippen molar-refractivity contribution in [3.8, 4) is 0 Å². The molecule has 1 unspecified atom stereocenters. The van der Waals surface area contributed by atoms with Crippen LogP contribution in [-0.2, 0) is 6.42 Å². The quantitative estimate of drug-likeness (QED) is 0.822. The van der Waals surface area contributed by atoms with E-state index in [9.17, 15) is 5.11 Å². The fourth-order valence-electron chi connectivity index (χ4n) is 1.51. The zero-order chi connectivity index (χ0) is 10.7. The number of hydrogen-bond donors (Lipinski definition) is 2. The van der Waals surface area contributed by atoms with Crippen molar-refractivity contribution in [1.82, 2.24) is 4.98 Å². The summed E-state index contributed by atoms with van der Waals surface area (Å²) in [6.07, 6.45) is 3.76. The minimum absolute atomic E-state index is 0.461. The van der Waals surface area contributed by atoms with Crippen molar-refractivity contribution >= 4 is 11.6 Å². The number of rotatable bonds is 3. The van der Waals surface area contributed by atoms with Crippen LogP contribution >= 0.6 is 11.6 Å². The Labute approximate surface area is 93.5 Å². The molecule has 2 rings (SSSR count). The van der Waals surface area contributed by atoms with Gasteiger partial charge in [-0.3, -0.25) is 0 Å². The molecule has 1 aromatic heterocycles. The first-order chi connectivity index (χ1) is 7.25. The van der Waals surface area contributed by atoms with Crippen LogP contribution in [0.15, 0.2) is 42.7 Å². The zero-order valence-electron chi connectivity index (χ0n) is 8.15. The number of benzene rings is 1. The topological polar surface area (TPSA) is 36.0 Å². The van der Waals surface area contributed by atoms with Crippen molar-refractivity contribution in [3.05, 3.63) is 58.9 Å². The van der Waals surface area contributed by atoms with Gasteiger partial charge in [0.05, 0.1) is 6.10 Å². The normalized spacial score (nSPS) is 12.7. The molecule has 2 aromatic rings. The summed E-state index contributed by atoms with van der Waals surface area (Å²) in [6.45, 7) is 0. The molecule has 0 spiro atoms. The third-order valence-corrected chi connectivity index (χ3v) is 2.60. The van der Waals surface area contributed by atoms with Crippen molar-refractivity contribution < 1.29 is 5.11 Å². The first-order valence-corrected chi connectivity index (χ1v) is 5.19. The minimum Gasteiger partial charge on any atom is -0.388 e. The summed E-state index contributed by atoms with van der Waals surface area (Å²) in [5.41, 5.74) is 1.98. The lowest BCUT2D eigenvalue weighted by Crippen LogP contribution is -2.00. The van der Waals surface area contributed by atoms with E-state index in [1.165, 1.54) is 0 Å². The highest BCUT2D eigenvalue weighted by Gasteiger charge is 2.08. The lowest BCUT2D eigenvalue weighted by atomic mass is 10.0. The van der Waals surface area contributed by atoms with Crippen LogP contribution in [0.3, 0.4) is 0 Å². The molecular formula is C12H12ClNO. The molecule has 78 valence electrons. The van der Waals surface area contributed by atoms with Crippen LogP contribution in [0.25, 0.3) is 0 Å². The number of nitrogens with one attached hydrogen (secondary N) is 1. The molecule has 0 saturated heterocycles. The molecule has 0 aliphatic rings. The number of aromatic nitrogens is 1. The Hall–Kier alpha value is -1.25. The van der Waals surface area contributed by atoms with Crippen molar-refractivity contribution in [1.29, 1.82) is 0 Å². The maximum absolute atomic E-state index is 9.88. The highest BCUT2D eigenvalue weighted by atomic mass is 35.5. The van der Waals surface area contributed by atoms with Crippen LogP contribution < -0.4 is 0 Å². The van der Waals surface area contributed by atoms with Gasteiger partial charge in [0, 0.05) is 23.8 Å². The molecule has 1 atom stereocenters. The van der Waals surface area contributed by atoms with Gasteiger partial charge in [0.1, 0.15) is 0 Å². The second-order valence-electron chi connectivity index (χ2n) is 3.49. The van der Waals surface area contributed by atoms with Crippen LogP contribution in [0, 0.1) is 0 Å². The maximum Gasteiger partial charge on any atom is 0.0844 e. The second kappa shape index (κ2) is 4.51. The number of hydrogen-bond acceptors (Lipinski definition) is 1. The molecule has 0 fully saturated rings. The minimum atomic E-state index is -0.461. The summed E-state index contributed by atoms with van der Waals surface area (Å²) < 4.78 is 0. The van der Waals surface area contributed by atoms with E-state index in [-0.39, 0.29) is 0 Å². The van der Waals surface area contributed by atoms with Gasteiger partial charge in [-0.2, -0.15) is 0 Å². The van der Waals surface area contributed by atoms with E-state index in [1.807, 2.05) is 30.3 Å². The molecule has 0 aliphatic heterocycles. The fraction of sp³-hybridized carbons (Fsp3) is 0.167. The monoisotopic (exact) mass is 221 g/mol. The summed E-state index contributed by atoms with van der Waals surface area (Å²) in [5, 5.41) is 10.6. The highest BCUT2D eigenvalue weighted by Crippen LogP contribution is 2.18. The van der Waals surface area contributed by atoms with Gasteiger partial charge in [-0.05, 0) is 29.3 Å². The SMILES string of the molecule is OC(Cc1ccc(Cl)cc1)c1cc[nH]c1. The van der Waals surface area contributed by atoms with Gasteiger partial charge in [0.15, 0.2) is 0 Å². The fourth-order valence-corrected chi connectivity index (χ4v) is 1.63. The van der Waals surface area contributed by atoms with Gasteiger partial charge in [-0.15, -0.1) is 0 Å². The molecule has 2 nitrogen and oxygen atoms in total. The molecule has 0 bridgehead atoms. The summed E-state index contributed by atoms with van der Waals surface area (Å²) in [4.78, 5) is 2.92. The predicted octanol–water partition coefficient (Wildman–Crippen LogP) is 2.94. The Morgan fingerprint density at radius 1 is 1.20 bits per heavy atom. The number of H-pyrrole nitrogens is 1. The standard InChI is InChI=1S/C12H12ClNO/c13-11-3-1-9(2-4-11)7-12(15)10-5-6-14-8-10/h1-6,8,12,14-15H,7H2. The Morgan fingerprint density at radius 2 is 1.93 bits per heavy atom. The Bertz CT molecular complexity index is 408. The van der Waals surface area contributed by atoms with Crippen molar-refractivity contribution in [3.63, 3.8) is 0 Å². The number of aliphatic hydroxyl groups is 1. The number of halogens is 1. The lowest BCUT2D eigenvalue weighted by molar-refractivity contribution is 0.178. The Balaban J connectivity index is 2.06. The van der Waals surface area contributed by atoms with Crippen molar-refractivity contribution in [2.45, 2.75) is 12.5 Å². The summed E-state index contributed by atoms with van der Waals surface area (Å²) in [5.74, 6) is 0. The first kappa shape index (κ1) is 10.3. The number of aliphatic hydroxyl groups excluding tert-OH is 1. The molecule has 0 radical (unpaired) electrons. The maximum atomic E-state index is 9.88. The van der Waals surface area contributed by atoms with Crippen LogP contribution in [0.5, 0.6) is 0 Å². The molecule has 2 N–H and O–H groups in total. The summed E-state index contributed by atoms with van der Waals surface area (Å²) >= 11 is 5.78. The average molecular weight is 222 g/mol. The Kier molecular flexibility index (Phi) is 3.09. The van der Waals surface area contributed by atoms with Crippen LogP contribution in [0.1, 0.15) is 17.2 Å². The third kappa shape index (κ3) is 2.61. The molecular weight excluding hydrogens is 210 g/mol. The highest BCUT2D eigenvalue weighted by molar-refractivity contribution is 6.30. The number of aromatic amines is 1. The van der Waals surface area contributed by atoms with Crippen LogP contribution in [0.4, 0.5) is 0 Å². The van der Waals surface area contributed by atoms with Crippen LogP contribution in [-0.4, -0.2) is 10.1 Å². The third-order valence-electron chi connectivity index (χ3n) is 2.35. The van der Waals surface area contributed by atoms with Gasteiger partial charge in [0.25, 0.3) is 0 Å². The van der Waals surface area contributed by atoms with Gasteiger partial charge in [-0.1, -0.05) is 23.7 Å². The zero-order valence-corrected chi connectivity index (χ0v) is 8.91. The van der Waals surface area contributed by atoms with Crippen LogP contribution in [0.2, 0.25) is 5.02 Å². The van der Waals surface area contributed by atoms with Crippen molar-refractivity contribution in [2.24, 2.45) is 0 Å². The predicted molar refractivity (Wildman–Crippen MR) is 60.9 cm³/mol. The lowest BCUT2D eigenvalue weighted by Gasteiger charge is -2.08. The largest absolute Gasteiger partial charge is 0.388 e. The van der Waals surface area contributed by atoms with E-state index in [2.05, 4.69) is 4.98 Å². The van der Waals surface area contributed by atoms with Gasteiger partial charge in [-0.25, -0.2) is 0 Å². The molecule has 0 amide bonds.